The van der Waals surface area contributed by atoms with Crippen molar-refractivity contribution < 1.29 is 0 Å². The summed E-state index contributed by atoms with van der Waals surface area (Å²) in [6.45, 7) is 0. The Morgan fingerprint density at radius 3 is 1.20 bits per heavy atom. The van der Waals surface area contributed by atoms with Crippen molar-refractivity contribution in [2.24, 2.45) is 0 Å². The third-order valence-electron chi connectivity index (χ3n) is 11.6. The van der Waals surface area contributed by atoms with Gasteiger partial charge < -0.3 is 0 Å². The van der Waals surface area contributed by atoms with Crippen LogP contribution in [-0.2, 0) is 5.41 Å². The summed E-state index contributed by atoms with van der Waals surface area (Å²) in [4.78, 5) is 14.6. The Labute approximate surface area is 317 Å². The van der Waals surface area contributed by atoms with Gasteiger partial charge in [0.15, 0.2) is 17.5 Å². The van der Waals surface area contributed by atoms with Gasteiger partial charge in [-0.15, -0.1) is 0 Å². The summed E-state index contributed by atoms with van der Waals surface area (Å²) >= 11 is 0. The molecule has 0 N–H and O–H groups in total. The maximum absolute atomic E-state index is 4.90. The van der Waals surface area contributed by atoms with Crippen molar-refractivity contribution in [3.8, 4) is 78.7 Å². The van der Waals surface area contributed by atoms with E-state index in [1.807, 2.05) is 60.7 Å². The molecule has 1 saturated carbocycles. The Bertz CT molecular complexity index is 2530. The monoisotopic (exact) mass is 693 g/mol. The smallest absolute Gasteiger partial charge is 0.164 e. The number of benzene rings is 7. The van der Waals surface area contributed by atoms with Gasteiger partial charge in [-0.05, 0) is 68.5 Å². The van der Waals surface area contributed by atoms with Gasteiger partial charge in [-0.2, -0.15) is 0 Å². The van der Waals surface area contributed by atoms with Crippen LogP contribution in [0.15, 0.2) is 176 Å². The molecule has 0 saturated heterocycles. The topological polar surface area (TPSA) is 38.7 Å². The first-order valence-corrected chi connectivity index (χ1v) is 19.2. The third kappa shape index (κ3) is 5.64. The van der Waals surface area contributed by atoms with Gasteiger partial charge in [-0.25, -0.2) is 15.0 Å². The summed E-state index contributed by atoms with van der Waals surface area (Å²) in [7, 11) is 0. The molecule has 0 bridgehead atoms. The Hall–Kier alpha value is -6.45. The largest absolute Gasteiger partial charge is 0.208 e. The van der Waals surface area contributed by atoms with Gasteiger partial charge in [-0.1, -0.05) is 195 Å². The van der Waals surface area contributed by atoms with Gasteiger partial charge in [0.05, 0.1) is 0 Å². The van der Waals surface area contributed by atoms with Crippen LogP contribution in [0.3, 0.4) is 0 Å². The molecule has 1 aromatic heterocycles. The van der Waals surface area contributed by atoms with Crippen molar-refractivity contribution in [1.82, 2.24) is 15.0 Å². The van der Waals surface area contributed by atoms with E-state index in [2.05, 4.69) is 115 Å². The van der Waals surface area contributed by atoms with Crippen LogP contribution >= 0.6 is 0 Å². The van der Waals surface area contributed by atoms with E-state index < -0.39 is 0 Å². The Balaban J connectivity index is 0.917. The molecule has 3 heteroatoms. The predicted molar refractivity (Wildman–Crippen MR) is 222 cm³/mol. The Kier molecular flexibility index (Phi) is 8.06. The molecule has 1 fully saturated rings. The molecule has 0 atom stereocenters. The molecule has 8 aromatic rings. The van der Waals surface area contributed by atoms with Crippen molar-refractivity contribution >= 4 is 0 Å². The highest BCUT2D eigenvalue weighted by Crippen LogP contribution is 2.58. The first-order chi connectivity index (χ1) is 26.7. The summed E-state index contributed by atoms with van der Waals surface area (Å²) in [6, 6.07) is 63.0. The standard InChI is InChI=1S/C51H39N3/c1-4-13-40(14-5-1)48-52-49(41-15-6-2-7-16-41)54-50(53-48)42-31-27-38(28-32-42)36-23-21-35(22-24-36)37-25-29-39(30-26-37)43-18-12-19-45-44-17-8-9-20-46(44)51(47(43)45)33-10-3-11-34-51/h1-2,4-9,12-32H,3,10-11,33-34H2. The summed E-state index contributed by atoms with van der Waals surface area (Å²) < 4.78 is 0. The maximum atomic E-state index is 4.90. The van der Waals surface area contributed by atoms with E-state index in [9.17, 15) is 0 Å². The summed E-state index contributed by atoms with van der Waals surface area (Å²) in [5.41, 5.74) is 16.4. The molecule has 7 aromatic carbocycles. The van der Waals surface area contributed by atoms with Crippen LogP contribution in [0, 0.1) is 0 Å². The van der Waals surface area contributed by atoms with Crippen molar-refractivity contribution in [2.75, 3.05) is 0 Å². The average Bonchev–Trinajstić information content (AvgIpc) is 3.53. The van der Waals surface area contributed by atoms with E-state index in [4.69, 9.17) is 15.0 Å². The quantitative estimate of drug-likeness (QED) is 0.174. The van der Waals surface area contributed by atoms with E-state index in [1.165, 1.54) is 71.0 Å². The van der Waals surface area contributed by atoms with Crippen LogP contribution in [0.25, 0.3) is 78.7 Å². The summed E-state index contributed by atoms with van der Waals surface area (Å²) in [5.74, 6) is 1.99. The molecule has 0 amide bonds. The van der Waals surface area contributed by atoms with Gasteiger partial charge in [-0.3, -0.25) is 0 Å². The lowest BCUT2D eigenvalue weighted by Gasteiger charge is -2.37. The third-order valence-corrected chi connectivity index (χ3v) is 11.6. The minimum Gasteiger partial charge on any atom is -0.208 e. The maximum Gasteiger partial charge on any atom is 0.164 e. The second kappa shape index (κ2) is 13.5. The van der Waals surface area contributed by atoms with E-state index in [-0.39, 0.29) is 5.41 Å². The second-order valence-corrected chi connectivity index (χ2v) is 14.7. The molecule has 1 spiro atoms. The SMILES string of the molecule is c1ccc(-c2nc(-c3ccccc3)nc(-c3ccc(-c4ccc(-c5ccc(-c6cccc7c6C6(CCCCC6)c6ccccc6-7)cc5)cc4)cc3)n2)cc1. The number of aromatic nitrogens is 3. The summed E-state index contributed by atoms with van der Waals surface area (Å²) in [5, 5.41) is 0. The zero-order valence-corrected chi connectivity index (χ0v) is 30.1. The van der Waals surface area contributed by atoms with E-state index in [1.54, 1.807) is 11.1 Å². The molecule has 2 aliphatic rings. The predicted octanol–water partition coefficient (Wildman–Crippen LogP) is 13.1. The number of fused-ring (bicyclic) bond motifs is 5. The fraction of sp³-hybridized carbons (Fsp3) is 0.118. The minimum absolute atomic E-state index is 0.134. The molecule has 10 rings (SSSR count). The zero-order chi connectivity index (χ0) is 35.9. The molecule has 1 heterocycles. The van der Waals surface area contributed by atoms with Gasteiger partial charge in [0.2, 0.25) is 0 Å². The highest BCUT2D eigenvalue weighted by Gasteiger charge is 2.45. The molecule has 3 nitrogen and oxygen atoms in total. The number of rotatable bonds is 6. The van der Waals surface area contributed by atoms with Crippen LogP contribution in [0.2, 0.25) is 0 Å². The van der Waals surface area contributed by atoms with Gasteiger partial charge >= 0.3 is 0 Å². The summed E-state index contributed by atoms with van der Waals surface area (Å²) in [6.07, 6.45) is 6.41. The number of nitrogens with zero attached hydrogens (tertiary/aromatic N) is 3. The zero-order valence-electron chi connectivity index (χ0n) is 30.1. The molecule has 0 aliphatic heterocycles. The Morgan fingerprint density at radius 1 is 0.296 bits per heavy atom. The lowest BCUT2D eigenvalue weighted by molar-refractivity contribution is 0.353. The van der Waals surface area contributed by atoms with Gasteiger partial charge in [0.1, 0.15) is 0 Å². The average molecular weight is 694 g/mol. The highest BCUT2D eigenvalue weighted by molar-refractivity contribution is 5.89. The van der Waals surface area contributed by atoms with E-state index >= 15 is 0 Å². The molecule has 0 unspecified atom stereocenters. The Morgan fingerprint density at radius 2 is 0.685 bits per heavy atom. The van der Waals surface area contributed by atoms with Gasteiger partial charge in [0.25, 0.3) is 0 Å². The second-order valence-electron chi connectivity index (χ2n) is 14.7. The first-order valence-electron chi connectivity index (χ1n) is 19.2. The molecule has 258 valence electrons. The van der Waals surface area contributed by atoms with Crippen LogP contribution in [-0.4, -0.2) is 15.0 Å². The molecular weight excluding hydrogens is 655 g/mol. The van der Waals surface area contributed by atoms with Crippen molar-refractivity contribution in [3.05, 3.63) is 187 Å². The first kappa shape index (κ1) is 32.2. The van der Waals surface area contributed by atoms with E-state index in [0.717, 1.165) is 22.3 Å². The number of hydrogen-bond donors (Lipinski definition) is 0. The van der Waals surface area contributed by atoms with E-state index in [0.29, 0.717) is 17.5 Å². The van der Waals surface area contributed by atoms with Crippen molar-refractivity contribution in [1.29, 1.82) is 0 Å². The van der Waals surface area contributed by atoms with Crippen LogP contribution in [0.4, 0.5) is 0 Å². The van der Waals surface area contributed by atoms with Crippen LogP contribution < -0.4 is 0 Å². The molecule has 0 radical (unpaired) electrons. The lowest BCUT2D eigenvalue weighted by atomic mass is 9.66. The van der Waals surface area contributed by atoms with Crippen molar-refractivity contribution in [2.45, 2.75) is 37.5 Å². The van der Waals surface area contributed by atoms with Crippen LogP contribution in [0.5, 0.6) is 0 Å². The number of hydrogen-bond acceptors (Lipinski definition) is 3. The fourth-order valence-electron chi connectivity index (χ4n) is 8.92. The van der Waals surface area contributed by atoms with Crippen molar-refractivity contribution in [3.63, 3.8) is 0 Å². The lowest BCUT2D eigenvalue weighted by Crippen LogP contribution is -2.28. The molecule has 54 heavy (non-hydrogen) atoms. The highest BCUT2D eigenvalue weighted by atomic mass is 15.0. The minimum atomic E-state index is 0.134. The van der Waals surface area contributed by atoms with Gasteiger partial charge in [0, 0.05) is 22.1 Å². The van der Waals surface area contributed by atoms with Crippen LogP contribution in [0.1, 0.15) is 43.2 Å². The normalized spacial score (nSPS) is 14.1. The molecule has 2 aliphatic carbocycles. The molecular formula is C51H39N3. The fourth-order valence-corrected chi connectivity index (χ4v) is 8.92.